The molecule has 112 valence electrons. The van der Waals surface area contributed by atoms with Gasteiger partial charge in [0.1, 0.15) is 12.9 Å². The lowest BCUT2D eigenvalue weighted by atomic mass is 9.98. The number of piperidine rings is 1. The number of hydrogen-bond donors (Lipinski definition) is 0. The van der Waals surface area contributed by atoms with E-state index in [4.69, 9.17) is 0 Å². The highest BCUT2D eigenvalue weighted by Crippen LogP contribution is 2.31. The third-order valence-electron chi connectivity index (χ3n) is 3.86. The third-order valence-corrected chi connectivity index (χ3v) is 5.09. The van der Waals surface area contributed by atoms with Gasteiger partial charge in [0.05, 0.1) is 10.7 Å². The Morgan fingerprint density at radius 3 is 3.00 bits per heavy atom. The predicted molar refractivity (Wildman–Crippen MR) is 78.0 cm³/mol. The molecule has 7 nitrogen and oxygen atoms in total. The van der Waals surface area contributed by atoms with Gasteiger partial charge in [0.15, 0.2) is 0 Å². The Balaban J connectivity index is 1.66. The normalized spacial score (nSPS) is 19.0. The van der Waals surface area contributed by atoms with Gasteiger partial charge in [-0.05, 0) is 37.1 Å². The highest BCUT2D eigenvalue weighted by Gasteiger charge is 2.27. The number of nitrogens with zero attached hydrogens (tertiary/aromatic N) is 6. The zero-order valence-corrected chi connectivity index (χ0v) is 13.0. The first-order chi connectivity index (χ1) is 10.1. The molecule has 0 radical (unpaired) electrons. The molecule has 3 heterocycles. The second-order valence-electron chi connectivity index (χ2n) is 5.38. The second-order valence-corrected chi connectivity index (χ2v) is 6.61. The van der Waals surface area contributed by atoms with E-state index in [1.165, 1.54) is 15.9 Å². The number of carbonyl (C=O) groups excluding carboxylic acids is 1. The van der Waals surface area contributed by atoms with Gasteiger partial charge >= 0.3 is 0 Å². The van der Waals surface area contributed by atoms with Crippen LogP contribution in [0.2, 0.25) is 0 Å². The van der Waals surface area contributed by atoms with E-state index in [9.17, 15) is 4.79 Å². The lowest BCUT2D eigenvalue weighted by Crippen LogP contribution is -2.40. The summed E-state index contributed by atoms with van der Waals surface area (Å²) in [7, 11) is 0. The standard InChI is InChI=1S/C13H18N6OS/c1-9-10(2)21-13(15-9)11-4-3-5-18(6-11)12(20)7-19-8-14-16-17-19/h8,11H,3-7H2,1-2H3/t11-/m1/s1. The SMILES string of the molecule is Cc1nc([C@@H]2CCCN(C(=O)Cn3cnnn3)C2)sc1C. The van der Waals surface area contributed by atoms with Crippen LogP contribution in [0.4, 0.5) is 0 Å². The van der Waals surface area contributed by atoms with Crippen LogP contribution in [0.15, 0.2) is 6.33 Å². The van der Waals surface area contributed by atoms with Gasteiger partial charge in [-0.1, -0.05) is 0 Å². The summed E-state index contributed by atoms with van der Waals surface area (Å²) in [4.78, 5) is 20.1. The van der Waals surface area contributed by atoms with Crippen molar-refractivity contribution in [2.75, 3.05) is 13.1 Å². The van der Waals surface area contributed by atoms with Gasteiger partial charge in [0, 0.05) is 23.9 Å². The minimum absolute atomic E-state index is 0.0667. The Hall–Kier alpha value is -1.83. The van der Waals surface area contributed by atoms with E-state index in [1.54, 1.807) is 11.3 Å². The maximum Gasteiger partial charge on any atom is 0.244 e. The van der Waals surface area contributed by atoms with Crippen LogP contribution in [0, 0.1) is 13.8 Å². The zero-order valence-electron chi connectivity index (χ0n) is 12.2. The van der Waals surface area contributed by atoms with Crippen LogP contribution in [-0.4, -0.2) is 49.1 Å². The second kappa shape index (κ2) is 5.88. The molecular formula is C13H18N6OS. The number of aromatic nitrogens is 5. The molecule has 0 aromatic carbocycles. The molecule has 0 spiro atoms. The maximum absolute atomic E-state index is 12.3. The van der Waals surface area contributed by atoms with Crippen molar-refractivity contribution in [3.8, 4) is 0 Å². The Kier molecular flexibility index (Phi) is 3.96. The van der Waals surface area contributed by atoms with Crippen LogP contribution in [0.25, 0.3) is 0 Å². The minimum Gasteiger partial charge on any atom is -0.340 e. The van der Waals surface area contributed by atoms with Crippen LogP contribution in [0.3, 0.4) is 0 Å². The van der Waals surface area contributed by atoms with Gasteiger partial charge in [0.25, 0.3) is 0 Å². The molecule has 8 heteroatoms. The van der Waals surface area contributed by atoms with E-state index in [-0.39, 0.29) is 12.5 Å². The molecule has 2 aromatic rings. The van der Waals surface area contributed by atoms with Crippen molar-refractivity contribution in [1.29, 1.82) is 0 Å². The van der Waals surface area contributed by atoms with E-state index in [0.717, 1.165) is 36.6 Å². The molecule has 1 fully saturated rings. The fourth-order valence-corrected chi connectivity index (χ4v) is 3.62. The summed E-state index contributed by atoms with van der Waals surface area (Å²) < 4.78 is 1.46. The molecule has 0 aliphatic carbocycles. The van der Waals surface area contributed by atoms with Crippen molar-refractivity contribution in [3.05, 3.63) is 21.9 Å². The van der Waals surface area contributed by atoms with E-state index >= 15 is 0 Å². The average Bonchev–Trinajstić information content (AvgIpc) is 3.10. The van der Waals surface area contributed by atoms with Crippen LogP contribution in [0.1, 0.15) is 34.3 Å². The van der Waals surface area contributed by atoms with Crippen molar-refractivity contribution >= 4 is 17.2 Å². The van der Waals surface area contributed by atoms with E-state index < -0.39 is 0 Å². The number of rotatable bonds is 3. The topological polar surface area (TPSA) is 76.8 Å². The molecule has 0 unspecified atom stereocenters. The quantitative estimate of drug-likeness (QED) is 0.850. The number of carbonyl (C=O) groups is 1. The number of hydrogen-bond acceptors (Lipinski definition) is 6. The van der Waals surface area contributed by atoms with Gasteiger partial charge in [-0.15, -0.1) is 16.4 Å². The zero-order chi connectivity index (χ0) is 14.8. The number of likely N-dealkylation sites (tertiary alicyclic amines) is 1. The van der Waals surface area contributed by atoms with Gasteiger partial charge in [0.2, 0.25) is 5.91 Å². The highest BCUT2D eigenvalue weighted by atomic mass is 32.1. The minimum atomic E-state index is 0.0667. The molecule has 0 bridgehead atoms. The average molecular weight is 306 g/mol. The van der Waals surface area contributed by atoms with Crippen molar-refractivity contribution in [2.24, 2.45) is 0 Å². The molecule has 0 saturated carbocycles. The third kappa shape index (κ3) is 3.10. The number of tetrazole rings is 1. The van der Waals surface area contributed by atoms with Crippen LogP contribution in [-0.2, 0) is 11.3 Å². The van der Waals surface area contributed by atoms with Crippen molar-refractivity contribution in [3.63, 3.8) is 0 Å². The summed E-state index contributed by atoms with van der Waals surface area (Å²) in [5.41, 5.74) is 1.10. The van der Waals surface area contributed by atoms with Crippen molar-refractivity contribution < 1.29 is 4.79 Å². The highest BCUT2D eigenvalue weighted by molar-refractivity contribution is 7.11. The number of amides is 1. The fraction of sp³-hybridized carbons (Fsp3) is 0.615. The Bertz CT molecular complexity index is 603. The van der Waals surface area contributed by atoms with E-state index in [1.807, 2.05) is 11.8 Å². The van der Waals surface area contributed by atoms with Crippen LogP contribution < -0.4 is 0 Å². The summed E-state index contributed by atoms with van der Waals surface area (Å²) in [6.45, 7) is 5.89. The Labute approximate surface area is 127 Å². The van der Waals surface area contributed by atoms with Gasteiger partial charge in [-0.2, -0.15) is 0 Å². The summed E-state index contributed by atoms with van der Waals surface area (Å²) in [6.07, 6.45) is 3.58. The van der Waals surface area contributed by atoms with Crippen LogP contribution >= 0.6 is 11.3 Å². The number of thiazole rings is 1. The summed E-state index contributed by atoms with van der Waals surface area (Å²) in [5, 5.41) is 12.0. The molecule has 1 saturated heterocycles. The Morgan fingerprint density at radius 1 is 1.48 bits per heavy atom. The summed E-state index contributed by atoms with van der Waals surface area (Å²) in [5.74, 6) is 0.422. The Morgan fingerprint density at radius 2 is 2.33 bits per heavy atom. The largest absolute Gasteiger partial charge is 0.340 e. The molecule has 1 aliphatic heterocycles. The first-order valence-electron chi connectivity index (χ1n) is 7.06. The maximum atomic E-state index is 12.3. The first-order valence-corrected chi connectivity index (χ1v) is 7.87. The summed E-state index contributed by atoms with van der Waals surface area (Å²) in [6, 6.07) is 0. The summed E-state index contributed by atoms with van der Waals surface area (Å²) >= 11 is 1.75. The molecule has 1 aliphatic rings. The first kappa shape index (κ1) is 14.1. The molecule has 3 rings (SSSR count). The van der Waals surface area contributed by atoms with Gasteiger partial charge in [-0.25, -0.2) is 9.67 Å². The molecule has 0 N–H and O–H groups in total. The number of aryl methyl sites for hydroxylation is 2. The molecular weight excluding hydrogens is 288 g/mol. The molecule has 1 amide bonds. The smallest absolute Gasteiger partial charge is 0.244 e. The van der Waals surface area contributed by atoms with Crippen LogP contribution in [0.5, 0.6) is 0 Å². The predicted octanol–water partition coefficient (Wildman–Crippen LogP) is 1.15. The van der Waals surface area contributed by atoms with E-state index in [2.05, 4.69) is 27.4 Å². The van der Waals surface area contributed by atoms with Crippen molar-refractivity contribution in [1.82, 2.24) is 30.1 Å². The monoisotopic (exact) mass is 306 g/mol. The molecule has 21 heavy (non-hydrogen) atoms. The molecule has 2 aromatic heterocycles. The fourth-order valence-electron chi connectivity index (χ4n) is 2.57. The lowest BCUT2D eigenvalue weighted by Gasteiger charge is -2.31. The van der Waals surface area contributed by atoms with Gasteiger partial charge < -0.3 is 4.90 Å². The van der Waals surface area contributed by atoms with E-state index in [0.29, 0.717) is 5.92 Å². The lowest BCUT2D eigenvalue weighted by molar-refractivity contribution is -0.133. The van der Waals surface area contributed by atoms with Crippen molar-refractivity contribution in [2.45, 2.75) is 39.2 Å². The van der Waals surface area contributed by atoms with Gasteiger partial charge in [-0.3, -0.25) is 4.79 Å². The molecule has 1 atom stereocenters.